The first kappa shape index (κ1) is 40.0. The third kappa shape index (κ3) is 8.43. The van der Waals surface area contributed by atoms with Crippen molar-refractivity contribution in [3.63, 3.8) is 0 Å². The highest BCUT2D eigenvalue weighted by atomic mass is 31.2. The molecule has 3 atom stereocenters. The minimum atomic E-state index is -3.19. The van der Waals surface area contributed by atoms with Gasteiger partial charge in [-0.05, 0) is 78.9 Å². The van der Waals surface area contributed by atoms with Crippen molar-refractivity contribution in [1.82, 2.24) is 9.88 Å². The molecule has 1 N–H and O–H groups in total. The van der Waals surface area contributed by atoms with E-state index in [9.17, 15) is 19.2 Å². The van der Waals surface area contributed by atoms with Gasteiger partial charge in [0.05, 0.1) is 18.1 Å². The fourth-order valence-electron chi connectivity index (χ4n) is 7.31. The zero-order chi connectivity index (χ0) is 39.9. The van der Waals surface area contributed by atoms with Gasteiger partial charge in [-0.15, -0.1) is 0 Å². The second-order valence-corrected chi connectivity index (χ2v) is 22.3. The number of carbonyl (C=O) groups is 4. The largest absolute Gasteiger partial charge is 0.457 e. The van der Waals surface area contributed by atoms with E-state index in [0.29, 0.717) is 16.8 Å². The molecule has 11 heteroatoms. The summed E-state index contributed by atoms with van der Waals surface area (Å²) in [6, 6.07) is 38.4. The van der Waals surface area contributed by atoms with Crippen molar-refractivity contribution in [3.05, 3.63) is 164 Å². The van der Waals surface area contributed by atoms with Crippen LogP contribution < -0.4 is 21.2 Å². The molecule has 0 unspecified atom stereocenters. The second-order valence-electron chi connectivity index (χ2n) is 14.5. The van der Waals surface area contributed by atoms with Gasteiger partial charge in [0.1, 0.15) is 12.0 Å². The Balaban J connectivity index is 1.52. The summed E-state index contributed by atoms with van der Waals surface area (Å²) >= 11 is 0. The van der Waals surface area contributed by atoms with Gasteiger partial charge in [-0.3, -0.25) is 19.4 Å². The van der Waals surface area contributed by atoms with Crippen molar-refractivity contribution >= 4 is 65.8 Å². The average Bonchev–Trinajstić information content (AvgIpc) is 3.20. The molecule has 56 heavy (non-hydrogen) atoms. The van der Waals surface area contributed by atoms with Gasteiger partial charge in [0.25, 0.3) is 5.91 Å². The molecule has 6 rings (SSSR count). The number of β-lactam (4-membered cyclic amide) rings is 1. The molecule has 0 bridgehead atoms. The maximum absolute atomic E-state index is 14.9. The molecule has 0 spiro atoms. The summed E-state index contributed by atoms with van der Waals surface area (Å²) in [5.74, 6) is -2.21. The van der Waals surface area contributed by atoms with Crippen molar-refractivity contribution in [2.24, 2.45) is 5.92 Å². The Bertz CT molecular complexity index is 2140. The van der Waals surface area contributed by atoms with Crippen LogP contribution in [0.3, 0.4) is 0 Å². The maximum atomic E-state index is 14.9. The van der Waals surface area contributed by atoms with Crippen molar-refractivity contribution in [2.75, 3.05) is 11.9 Å². The van der Waals surface area contributed by atoms with Crippen molar-refractivity contribution in [3.8, 4) is 0 Å². The first-order valence-electron chi connectivity index (χ1n) is 18.5. The normalized spacial score (nSPS) is 15.9. The van der Waals surface area contributed by atoms with E-state index in [-0.39, 0.29) is 36.0 Å². The first-order valence-corrected chi connectivity index (χ1v) is 23.7. The SMILES string of the molecule is C=CCOC(=O)C(N1C(=O)[C@@H]([C@@H](C)O[Si](C)(C)C)[C@H]1CC(=O)c1ccc(NC(=O)c2ccncc2)cc1)=P(c1ccccc1)(c1ccccc1)c1ccccc1. The summed E-state index contributed by atoms with van der Waals surface area (Å²) in [7, 11) is -2.15. The number of amides is 2. The molecule has 286 valence electrons. The summed E-state index contributed by atoms with van der Waals surface area (Å²) in [6.07, 6.45) is 3.97. The van der Waals surface area contributed by atoms with Gasteiger partial charge in [0, 0.05) is 42.5 Å². The molecule has 5 aromatic rings. The van der Waals surface area contributed by atoms with Crippen LogP contribution in [0.25, 0.3) is 0 Å². The minimum Gasteiger partial charge on any atom is -0.457 e. The molecule has 4 aromatic carbocycles. The third-order valence-corrected chi connectivity index (χ3v) is 14.9. The number of hydrogen-bond donors (Lipinski definition) is 1. The van der Waals surface area contributed by atoms with Crippen molar-refractivity contribution in [2.45, 2.75) is 45.1 Å². The van der Waals surface area contributed by atoms with Crippen LogP contribution in [0.15, 0.2) is 152 Å². The van der Waals surface area contributed by atoms with Crippen LogP contribution in [-0.4, -0.2) is 65.9 Å². The van der Waals surface area contributed by atoms with Gasteiger partial charge in [0.2, 0.25) is 5.91 Å². The number of pyridine rings is 1. The number of ketones is 1. The van der Waals surface area contributed by atoms with Gasteiger partial charge in [-0.1, -0.05) is 104 Å². The number of hydrogen-bond acceptors (Lipinski definition) is 7. The minimum absolute atomic E-state index is 0.0745. The average molecular weight is 784 g/mol. The Morgan fingerprint density at radius 2 is 1.32 bits per heavy atom. The fourth-order valence-corrected chi connectivity index (χ4v) is 13.0. The van der Waals surface area contributed by atoms with Crippen LogP contribution >= 0.6 is 6.89 Å². The lowest BCUT2D eigenvalue weighted by Gasteiger charge is -2.52. The molecule has 1 aromatic heterocycles. The predicted octanol–water partition coefficient (Wildman–Crippen LogP) is 6.83. The van der Waals surface area contributed by atoms with E-state index in [2.05, 4.69) is 36.5 Å². The Hall–Kier alpha value is -5.67. The van der Waals surface area contributed by atoms with E-state index in [1.807, 2.05) is 97.9 Å². The lowest BCUT2D eigenvalue weighted by molar-refractivity contribution is -0.156. The lowest BCUT2D eigenvalue weighted by Crippen LogP contribution is -2.69. The lowest BCUT2D eigenvalue weighted by atomic mass is 9.79. The standard InChI is InChI=1S/C45H46N3O6PSi/c1-6-30-53-45(52)44(55(36-16-10-7-11-17-36,37-18-12-8-13-19-37)38-20-14-9-15-21-38)48-39(41(43(48)51)32(2)54-56(3,4)5)31-40(49)33-22-24-35(25-23-33)47-42(50)34-26-28-46-29-27-34/h6-29,32,39,41H,1,30-31H2,2-5H3,(H,47,50)/t32-,39-,41+/m1/s1. The van der Waals surface area contributed by atoms with Gasteiger partial charge in [-0.2, -0.15) is 0 Å². The van der Waals surface area contributed by atoms with Crippen LogP contribution in [0.2, 0.25) is 19.6 Å². The number of carbonyl (C=O) groups excluding carboxylic acids is 4. The summed E-state index contributed by atoms with van der Waals surface area (Å²) in [6.45, 7) is 8.56. The number of esters is 1. The predicted molar refractivity (Wildman–Crippen MR) is 227 cm³/mol. The summed E-state index contributed by atoms with van der Waals surface area (Å²) in [5, 5.41) is 5.39. The van der Waals surface area contributed by atoms with E-state index < -0.39 is 39.2 Å². The summed E-state index contributed by atoms with van der Waals surface area (Å²) in [5.41, 5.74) is 1.56. The number of nitrogens with zero attached hydrogens (tertiary/aromatic N) is 2. The third-order valence-electron chi connectivity index (χ3n) is 9.61. The molecule has 1 aliphatic rings. The first-order chi connectivity index (χ1) is 27.0. The highest BCUT2D eigenvalue weighted by Gasteiger charge is 2.56. The molecule has 1 fully saturated rings. The molecule has 0 saturated carbocycles. The number of nitrogens with one attached hydrogen (secondary N) is 1. The van der Waals surface area contributed by atoms with Gasteiger partial charge in [0.15, 0.2) is 14.1 Å². The quantitative estimate of drug-likeness (QED) is 0.0310. The van der Waals surface area contributed by atoms with Crippen molar-refractivity contribution in [1.29, 1.82) is 0 Å². The summed E-state index contributed by atoms with van der Waals surface area (Å²) < 4.78 is 12.4. The van der Waals surface area contributed by atoms with Crippen LogP contribution in [0, 0.1) is 5.92 Å². The molecule has 2 amide bonds. The Labute approximate surface area is 329 Å². The van der Waals surface area contributed by atoms with E-state index in [4.69, 9.17) is 9.16 Å². The molecule has 0 aliphatic carbocycles. The summed E-state index contributed by atoms with van der Waals surface area (Å²) in [4.78, 5) is 62.4. The molecule has 1 saturated heterocycles. The number of Topliss-reactive ketones (excluding diaryl/α,β-unsaturated/α-hetero) is 1. The molecule has 0 radical (unpaired) electrons. The molecule has 1 aliphatic heterocycles. The Morgan fingerprint density at radius 3 is 1.80 bits per heavy atom. The van der Waals surface area contributed by atoms with E-state index >= 15 is 0 Å². The van der Waals surface area contributed by atoms with Crippen LogP contribution in [0.5, 0.6) is 0 Å². The number of ether oxygens (including phenoxy) is 1. The van der Waals surface area contributed by atoms with Gasteiger partial charge < -0.3 is 19.4 Å². The molecular weight excluding hydrogens is 738 g/mol. The van der Waals surface area contributed by atoms with E-state index in [0.717, 1.165) is 15.9 Å². The second kappa shape index (κ2) is 17.4. The molecule has 9 nitrogen and oxygen atoms in total. The number of benzene rings is 4. The van der Waals surface area contributed by atoms with Crippen molar-refractivity contribution < 1.29 is 28.3 Å². The number of rotatable bonds is 15. The van der Waals surface area contributed by atoms with Gasteiger partial charge in [-0.25, -0.2) is 4.79 Å². The number of aromatic nitrogens is 1. The highest BCUT2D eigenvalue weighted by Crippen LogP contribution is 2.50. The molecular formula is C45H46N3O6PSi. The maximum Gasteiger partial charge on any atom is 0.356 e. The van der Waals surface area contributed by atoms with Crippen LogP contribution in [-0.2, 0) is 18.8 Å². The number of anilines is 1. The smallest absolute Gasteiger partial charge is 0.356 e. The number of likely N-dealkylation sites (tertiary alicyclic amines) is 1. The monoisotopic (exact) mass is 783 g/mol. The van der Waals surface area contributed by atoms with Gasteiger partial charge >= 0.3 is 5.97 Å². The van der Waals surface area contributed by atoms with E-state index in [1.54, 1.807) is 53.7 Å². The topological polar surface area (TPSA) is 115 Å². The van der Waals surface area contributed by atoms with Crippen LogP contribution in [0.4, 0.5) is 5.69 Å². The van der Waals surface area contributed by atoms with Crippen LogP contribution in [0.1, 0.15) is 34.1 Å². The Kier molecular flexibility index (Phi) is 12.4. The fraction of sp³-hybridized carbons (Fsp3) is 0.200. The molecule has 2 heterocycles. The zero-order valence-electron chi connectivity index (χ0n) is 32.0. The van der Waals surface area contributed by atoms with E-state index in [1.165, 1.54) is 6.08 Å². The Morgan fingerprint density at radius 1 is 0.804 bits per heavy atom. The zero-order valence-corrected chi connectivity index (χ0v) is 33.9. The highest BCUT2D eigenvalue weighted by molar-refractivity contribution is 7.96.